The molecule has 0 radical (unpaired) electrons. The van der Waals surface area contributed by atoms with Crippen LogP contribution in [0.3, 0.4) is 0 Å². The summed E-state index contributed by atoms with van der Waals surface area (Å²) in [6, 6.07) is 24.1. The summed E-state index contributed by atoms with van der Waals surface area (Å²) in [5, 5.41) is 0.450. The monoisotopic (exact) mass is 358 g/mol. The van der Waals surface area contributed by atoms with E-state index in [1.807, 2.05) is 60.7 Å². The third-order valence-corrected chi connectivity index (χ3v) is 4.33. The van der Waals surface area contributed by atoms with Crippen LogP contribution in [0, 0.1) is 0 Å². The second-order valence-electron chi connectivity index (χ2n) is 6.11. The minimum absolute atomic E-state index is 0.134. The minimum atomic E-state index is -0.134. The van der Waals surface area contributed by atoms with Gasteiger partial charge in [0.15, 0.2) is 5.43 Å². The lowest BCUT2D eigenvalue weighted by Crippen LogP contribution is -2.04. The van der Waals surface area contributed by atoms with Crippen molar-refractivity contribution in [2.45, 2.75) is 6.61 Å². The predicted octanol–water partition coefficient (Wildman–Crippen LogP) is 5.05. The molecule has 27 heavy (non-hydrogen) atoms. The molecule has 0 unspecified atom stereocenters. The van der Waals surface area contributed by atoms with Crippen LogP contribution >= 0.6 is 0 Å². The molecular weight excluding hydrogens is 340 g/mol. The van der Waals surface area contributed by atoms with Gasteiger partial charge in [0, 0.05) is 11.6 Å². The van der Waals surface area contributed by atoms with E-state index < -0.39 is 0 Å². The molecule has 0 bridgehead atoms. The van der Waals surface area contributed by atoms with Crippen molar-refractivity contribution in [3.63, 3.8) is 0 Å². The normalized spacial score (nSPS) is 10.7. The Morgan fingerprint density at radius 3 is 2.41 bits per heavy atom. The first-order valence-electron chi connectivity index (χ1n) is 8.62. The number of hydrogen-bond acceptors (Lipinski definition) is 4. The molecule has 0 spiro atoms. The van der Waals surface area contributed by atoms with Crippen molar-refractivity contribution in [3.05, 3.63) is 94.6 Å². The van der Waals surface area contributed by atoms with Gasteiger partial charge in [0.1, 0.15) is 34.8 Å². The summed E-state index contributed by atoms with van der Waals surface area (Å²) < 4.78 is 17.0. The highest BCUT2D eigenvalue weighted by Crippen LogP contribution is 2.28. The van der Waals surface area contributed by atoms with Crippen LogP contribution in [0.1, 0.15) is 5.56 Å². The van der Waals surface area contributed by atoms with Gasteiger partial charge in [-0.25, -0.2) is 0 Å². The standard InChI is InChI=1S/C23H18O4/c1-25-18-12-10-17(11-13-18)22-14-19(24)23-20(8-5-9-21(23)27-22)26-15-16-6-3-2-4-7-16/h2-14H,15H2,1H3. The van der Waals surface area contributed by atoms with Crippen LogP contribution in [-0.4, -0.2) is 7.11 Å². The Kier molecular flexibility index (Phi) is 4.62. The SMILES string of the molecule is COc1ccc(-c2cc(=O)c3c(OCc4ccccc4)cccc3o2)cc1. The largest absolute Gasteiger partial charge is 0.497 e. The lowest BCUT2D eigenvalue weighted by molar-refractivity contribution is 0.309. The van der Waals surface area contributed by atoms with Crippen LogP contribution in [0.25, 0.3) is 22.3 Å². The Morgan fingerprint density at radius 2 is 1.67 bits per heavy atom. The Bertz CT molecular complexity index is 1110. The van der Waals surface area contributed by atoms with Gasteiger partial charge in [0.05, 0.1) is 7.11 Å². The minimum Gasteiger partial charge on any atom is -0.497 e. The molecule has 4 nitrogen and oxygen atoms in total. The number of rotatable bonds is 5. The van der Waals surface area contributed by atoms with Gasteiger partial charge in [-0.1, -0.05) is 36.4 Å². The average molecular weight is 358 g/mol. The maximum Gasteiger partial charge on any atom is 0.197 e. The molecule has 0 aliphatic heterocycles. The van der Waals surface area contributed by atoms with E-state index in [1.165, 1.54) is 6.07 Å². The summed E-state index contributed by atoms with van der Waals surface area (Å²) in [5.74, 6) is 1.78. The van der Waals surface area contributed by atoms with E-state index in [-0.39, 0.29) is 5.43 Å². The molecule has 4 heteroatoms. The summed E-state index contributed by atoms with van der Waals surface area (Å²) in [6.07, 6.45) is 0. The van der Waals surface area contributed by atoms with Gasteiger partial charge in [0.2, 0.25) is 0 Å². The number of fused-ring (bicyclic) bond motifs is 1. The van der Waals surface area contributed by atoms with Crippen LogP contribution in [0.2, 0.25) is 0 Å². The Morgan fingerprint density at radius 1 is 0.889 bits per heavy atom. The number of ether oxygens (including phenoxy) is 2. The quantitative estimate of drug-likeness (QED) is 0.501. The van der Waals surface area contributed by atoms with E-state index in [1.54, 1.807) is 19.2 Å². The fourth-order valence-electron chi connectivity index (χ4n) is 2.93. The highest BCUT2D eigenvalue weighted by Gasteiger charge is 2.12. The number of benzene rings is 3. The summed E-state index contributed by atoms with van der Waals surface area (Å²) in [6.45, 7) is 0.389. The average Bonchev–Trinajstić information content (AvgIpc) is 2.72. The van der Waals surface area contributed by atoms with Crippen LogP contribution < -0.4 is 14.9 Å². The molecule has 0 aliphatic carbocycles. The zero-order valence-corrected chi connectivity index (χ0v) is 14.8. The molecule has 0 amide bonds. The van der Waals surface area contributed by atoms with Crippen molar-refractivity contribution < 1.29 is 13.9 Å². The van der Waals surface area contributed by atoms with Crippen molar-refractivity contribution in [1.82, 2.24) is 0 Å². The van der Waals surface area contributed by atoms with E-state index in [4.69, 9.17) is 13.9 Å². The summed E-state index contributed by atoms with van der Waals surface area (Å²) >= 11 is 0. The Hall–Kier alpha value is -3.53. The molecule has 134 valence electrons. The lowest BCUT2D eigenvalue weighted by atomic mass is 10.1. The van der Waals surface area contributed by atoms with Gasteiger partial charge in [-0.05, 0) is 42.0 Å². The van der Waals surface area contributed by atoms with Crippen molar-refractivity contribution in [2.75, 3.05) is 7.11 Å². The molecule has 0 saturated carbocycles. The van der Waals surface area contributed by atoms with Gasteiger partial charge in [0.25, 0.3) is 0 Å². The first kappa shape index (κ1) is 16.9. The van der Waals surface area contributed by atoms with E-state index in [0.717, 1.165) is 16.9 Å². The fraction of sp³-hybridized carbons (Fsp3) is 0.0870. The van der Waals surface area contributed by atoms with Crippen LogP contribution in [0.5, 0.6) is 11.5 Å². The zero-order chi connectivity index (χ0) is 18.6. The highest BCUT2D eigenvalue weighted by atomic mass is 16.5. The fourth-order valence-corrected chi connectivity index (χ4v) is 2.93. The molecule has 0 atom stereocenters. The summed E-state index contributed by atoms with van der Waals surface area (Å²) in [7, 11) is 1.61. The van der Waals surface area contributed by atoms with Crippen molar-refractivity contribution in [2.24, 2.45) is 0 Å². The zero-order valence-electron chi connectivity index (χ0n) is 14.8. The van der Waals surface area contributed by atoms with Crippen molar-refractivity contribution >= 4 is 11.0 Å². The molecule has 4 rings (SSSR count). The molecular formula is C23H18O4. The number of methoxy groups -OCH3 is 1. The Balaban J connectivity index is 1.70. The van der Waals surface area contributed by atoms with E-state index >= 15 is 0 Å². The maximum absolute atomic E-state index is 12.8. The first-order chi connectivity index (χ1) is 13.2. The molecule has 1 aromatic heterocycles. The highest BCUT2D eigenvalue weighted by molar-refractivity contribution is 5.84. The molecule has 4 aromatic rings. The molecule has 1 heterocycles. The second kappa shape index (κ2) is 7.38. The van der Waals surface area contributed by atoms with Crippen LogP contribution in [0.4, 0.5) is 0 Å². The molecule has 0 aliphatic rings. The topological polar surface area (TPSA) is 48.7 Å². The first-order valence-corrected chi connectivity index (χ1v) is 8.62. The smallest absolute Gasteiger partial charge is 0.197 e. The van der Waals surface area contributed by atoms with Crippen LogP contribution in [-0.2, 0) is 6.61 Å². The summed E-state index contributed by atoms with van der Waals surface area (Å²) in [4.78, 5) is 12.8. The van der Waals surface area contributed by atoms with E-state index in [2.05, 4.69) is 0 Å². The molecule has 0 saturated heterocycles. The lowest BCUT2D eigenvalue weighted by Gasteiger charge is -2.10. The summed E-state index contributed by atoms with van der Waals surface area (Å²) in [5.41, 5.74) is 2.21. The van der Waals surface area contributed by atoms with Crippen LogP contribution in [0.15, 0.2) is 88.1 Å². The predicted molar refractivity (Wildman–Crippen MR) is 105 cm³/mol. The van der Waals surface area contributed by atoms with Gasteiger partial charge in [-0.15, -0.1) is 0 Å². The number of hydrogen-bond donors (Lipinski definition) is 0. The molecule has 3 aromatic carbocycles. The van der Waals surface area contributed by atoms with Gasteiger partial charge in [-0.3, -0.25) is 4.79 Å². The van der Waals surface area contributed by atoms with Crippen molar-refractivity contribution in [3.8, 4) is 22.8 Å². The van der Waals surface area contributed by atoms with Gasteiger partial charge in [-0.2, -0.15) is 0 Å². The second-order valence-corrected chi connectivity index (χ2v) is 6.11. The van der Waals surface area contributed by atoms with Crippen molar-refractivity contribution in [1.29, 1.82) is 0 Å². The molecule has 0 fully saturated rings. The van der Waals surface area contributed by atoms with Gasteiger partial charge >= 0.3 is 0 Å². The van der Waals surface area contributed by atoms with E-state index in [0.29, 0.717) is 29.1 Å². The Labute approximate surface area is 156 Å². The third-order valence-electron chi connectivity index (χ3n) is 4.33. The van der Waals surface area contributed by atoms with E-state index in [9.17, 15) is 4.79 Å². The third kappa shape index (κ3) is 3.55. The molecule has 0 N–H and O–H groups in total. The van der Waals surface area contributed by atoms with Gasteiger partial charge < -0.3 is 13.9 Å². The maximum atomic E-state index is 12.8.